The number of hydrogen-bond donors (Lipinski definition) is 2. The van der Waals surface area contributed by atoms with Crippen LogP contribution in [0.1, 0.15) is 72.9 Å². The zero-order valence-corrected chi connectivity index (χ0v) is 22.8. The largest absolute Gasteiger partial charge is 0.474 e. The lowest BCUT2D eigenvalue weighted by molar-refractivity contribution is -0.151. The van der Waals surface area contributed by atoms with Gasteiger partial charge in [-0.1, -0.05) is 74.4 Å². The van der Waals surface area contributed by atoms with E-state index in [1.54, 1.807) is 6.92 Å². The molecule has 0 aliphatic rings. The van der Waals surface area contributed by atoms with Crippen LogP contribution < -0.4 is 5.32 Å². The third-order valence-electron chi connectivity index (χ3n) is 6.66. The average Bonchev–Trinajstić information content (AvgIpc) is 2.91. The Morgan fingerprint density at radius 2 is 1.23 bits per heavy atom. The number of hydrogen-bond acceptors (Lipinski definition) is 2. The SMILES string of the molecule is CCCCCCc1ccc(C#Cc2ccc(CC(C)(Cc3ccc(C(F)(F)F)cc3)NC(=O)C(=O)O)cc2)cc1. The van der Waals surface area contributed by atoms with Gasteiger partial charge in [-0.25, -0.2) is 4.79 Å². The molecule has 4 nitrogen and oxygen atoms in total. The van der Waals surface area contributed by atoms with Crippen molar-refractivity contribution in [3.8, 4) is 11.8 Å². The molecule has 210 valence electrons. The van der Waals surface area contributed by atoms with E-state index in [1.165, 1.54) is 43.4 Å². The van der Waals surface area contributed by atoms with Gasteiger partial charge in [0, 0.05) is 16.7 Å². The van der Waals surface area contributed by atoms with Crippen LogP contribution in [0.3, 0.4) is 0 Å². The van der Waals surface area contributed by atoms with Gasteiger partial charge in [0.15, 0.2) is 0 Å². The highest BCUT2D eigenvalue weighted by molar-refractivity contribution is 6.31. The number of amides is 1. The van der Waals surface area contributed by atoms with Crippen LogP contribution in [-0.4, -0.2) is 22.5 Å². The predicted octanol–water partition coefficient (Wildman–Crippen LogP) is 6.97. The van der Waals surface area contributed by atoms with Crippen LogP contribution >= 0.6 is 0 Å². The van der Waals surface area contributed by atoms with Gasteiger partial charge in [0.05, 0.1) is 5.56 Å². The maximum absolute atomic E-state index is 12.9. The highest BCUT2D eigenvalue weighted by Crippen LogP contribution is 2.30. The van der Waals surface area contributed by atoms with Crippen LogP contribution in [0.15, 0.2) is 72.8 Å². The van der Waals surface area contributed by atoms with E-state index in [9.17, 15) is 22.8 Å². The summed E-state index contributed by atoms with van der Waals surface area (Å²) in [6.45, 7) is 3.87. The first-order chi connectivity index (χ1) is 19.0. The number of alkyl halides is 3. The van der Waals surface area contributed by atoms with Crippen LogP contribution in [-0.2, 0) is 35.0 Å². The third kappa shape index (κ3) is 9.60. The molecule has 0 aromatic heterocycles. The number of halogens is 3. The molecule has 3 aromatic carbocycles. The smallest absolute Gasteiger partial charge is 0.416 e. The average molecular weight is 550 g/mol. The van der Waals surface area contributed by atoms with Crippen molar-refractivity contribution < 1.29 is 27.9 Å². The second-order valence-corrected chi connectivity index (χ2v) is 10.3. The number of benzene rings is 3. The zero-order valence-electron chi connectivity index (χ0n) is 22.8. The molecule has 0 bridgehead atoms. The van der Waals surface area contributed by atoms with Crippen molar-refractivity contribution in [2.24, 2.45) is 0 Å². The van der Waals surface area contributed by atoms with Gasteiger partial charge in [-0.2, -0.15) is 13.2 Å². The van der Waals surface area contributed by atoms with Gasteiger partial charge < -0.3 is 10.4 Å². The van der Waals surface area contributed by atoms with Crippen molar-refractivity contribution in [2.75, 3.05) is 0 Å². The molecule has 7 heteroatoms. The topological polar surface area (TPSA) is 66.4 Å². The first-order valence-electron chi connectivity index (χ1n) is 13.4. The first kappa shape index (κ1) is 30.5. The Kier molecular flexibility index (Phi) is 10.6. The summed E-state index contributed by atoms with van der Waals surface area (Å²) in [6, 6.07) is 20.3. The van der Waals surface area contributed by atoms with Crippen LogP contribution in [0, 0.1) is 11.8 Å². The minimum atomic E-state index is -4.46. The summed E-state index contributed by atoms with van der Waals surface area (Å²) in [7, 11) is 0. The number of carbonyl (C=O) groups excluding carboxylic acids is 1. The Hall–Kier alpha value is -4.05. The number of nitrogens with one attached hydrogen (secondary N) is 1. The van der Waals surface area contributed by atoms with Gasteiger partial charge in [0.25, 0.3) is 0 Å². The molecule has 0 saturated heterocycles. The number of carboxylic acids is 1. The van der Waals surface area contributed by atoms with Gasteiger partial charge in [-0.3, -0.25) is 4.79 Å². The molecular weight excluding hydrogens is 515 g/mol. The van der Waals surface area contributed by atoms with Gasteiger partial charge in [0.2, 0.25) is 0 Å². The summed E-state index contributed by atoms with van der Waals surface area (Å²) in [5, 5.41) is 11.6. The Morgan fingerprint density at radius 1 is 0.750 bits per heavy atom. The highest BCUT2D eigenvalue weighted by atomic mass is 19.4. The molecule has 0 radical (unpaired) electrons. The monoisotopic (exact) mass is 549 g/mol. The number of carbonyl (C=O) groups is 2. The number of aryl methyl sites for hydroxylation is 1. The summed E-state index contributed by atoms with van der Waals surface area (Å²) >= 11 is 0. The van der Waals surface area contributed by atoms with E-state index in [2.05, 4.69) is 36.2 Å². The van der Waals surface area contributed by atoms with Crippen LogP contribution in [0.25, 0.3) is 0 Å². The summed E-state index contributed by atoms with van der Waals surface area (Å²) < 4.78 is 38.8. The van der Waals surface area contributed by atoms with E-state index in [0.29, 0.717) is 5.56 Å². The molecule has 0 fully saturated rings. The van der Waals surface area contributed by atoms with Gasteiger partial charge >= 0.3 is 18.1 Å². The van der Waals surface area contributed by atoms with E-state index in [1.807, 2.05) is 36.4 Å². The molecular formula is C33H34F3NO3. The molecule has 2 N–H and O–H groups in total. The molecule has 0 spiro atoms. The predicted molar refractivity (Wildman–Crippen MR) is 150 cm³/mol. The van der Waals surface area contributed by atoms with Crippen molar-refractivity contribution in [1.29, 1.82) is 0 Å². The zero-order chi connectivity index (χ0) is 29.2. The van der Waals surface area contributed by atoms with E-state index < -0.39 is 29.2 Å². The molecule has 1 amide bonds. The van der Waals surface area contributed by atoms with E-state index in [0.717, 1.165) is 35.2 Å². The quantitative estimate of drug-likeness (QED) is 0.163. The maximum atomic E-state index is 12.9. The number of aliphatic carboxylic acids is 1. The summed E-state index contributed by atoms with van der Waals surface area (Å²) in [5.74, 6) is 3.50. The normalized spacial score (nSPS) is 12.6. The lowest BCUT2D eigenvalue weighted by Crippen LogP contribution is -2.51. The highest BCUT2D eigenvalue weighted by Gasteiger charge is 2.32. The van der Waals surface area contributed by atoms with E-state index in [-0.39, 0.29) is 12.8 Å². The Morgan fingerprint density at radius 3 is 1.68 bits per heavy atom. The van der Waals surface area contributed by atoms with Gasteiger partial charge in [-0.05, 0) is 85.7 Å². The summed E-state index contributed by atoms with van der Waals surface area (Å²) in [6.07, 6.45) is 1.93. The Balaban J connectivity index is 1.69. The number of rotatable bonds is 10. The van der Waals surface area contributed by atoms with Crippen LogP contribution in [0.4, 0.5) is 13.2 Å². The van der Waals surface area contributed by atoms with Crippen molar-refractivity contribution in [1.82, 2.24) is 5.32 Å². The van der Waals surface area contributed by atoms with Crippen LogP contribution in [0.2, 0.25) is 0 Å². The standard InChI is InChI=1S/C33H34F3NO3/c1-3-4-5-6-7-24-8-10-25(11-9-24)12-13-26-14-16-27(17-15-26)22-32(2,37-30(38)31(39)40)23-28-18-20-29(21-19-28)33(34,35)36/h8-11,14-21H,3-7,22-23H2,1-2H3,(H,37,38)(H,39,40). The van der Waals surface area contributed by atoms with Crippen LogP contribution in [0.5, 0.6) is 0 Å². The molecule has 3 aromatic rings. The van der Waals surface area contributed by atoms with Crippen molar-refractivity contribution in [3.05, 3.63) is 106 Å². The fraction of sp³-hybridized carbons (Fsp3) is 0.333. The molecule has 1 unspecified atom stereocenters. The lowest BCUT2D eigenvalue weighted by Gasteiger charge is -2.31. The third-order valence-corrected chi connectivity index (χ3v) is 6.66. The summed E-state index contributed by atoms with van der Waals surface area (Å²) in [4.78, 5) is 23.2. The number of unbranched alkanes of at least 4 members (excludes halogenated alkanes) is 3. The fourth-order valence-electron chi connectivity index (χ4n) is 4.55. The molecule has 0 aliphatic heterocycles. The fourth-order valence-corrected chi connectivity index (χ4v) is 4.55. The molecule has 3 rings (SSSR count). The molecule has 0 saturated carbocycles. The van der Waals surface area contributed by atoms with E-state index >= 15 is 0 Å². The Labute approximate surface area is 233 Å². The molecule has 0 heterocycles. The van der Waals surface area contributed by atoms with Gasteiger partial charge in [-0.15, -0.1) is 0 Å². The minimum absolute atomic E-state index is 0.139. The van der Waals surface area contributed by atoms with Crippen molar-refractivity contribution in [3.63, 3.8) is 0 Å². The van der Waals surface area contributed by atoms with Crippen molar-refractivity contribution in [2.45, 2.75) is 70.5 Å². The first-order valence-corrected chi connectivity index (χ1v) is 13.4. The lowest BCUT2D eigenvalue weighted by atomic mass is 9.85. The second kappa shape index (κ2) is 13.8. The van der Waals surface area contributed by atoms with Gasteiger partial charge in [0.1, 0.15) is 0 Å². The summed E-state index contributed by atoms with van der Waals surface area (Å²) in [5.41, 5.74) is 2.55. The number of carboxylic acid groups (broad SMARTS) is 1. The maximum Gasteiger partial charge on any atom is 0.416 e. The molecule has 1 atom stereocenters. The Bertz CT molecular complexity index is 1340. The minimum Gasteiger partial charge on any atom is -0.474 e. The molecule has 0 aliphatic carbocycles. The van der Waals surface area contributed by atoms with Crippen molar-refractivity contribution >= 4 is 11.9 Å². The van der Waals surface area contributed by atoms with E-state index in [4.69, 9.17) is 5.11 Å². The second-order valence-electron chi connectivity index (χ2n) is 10.3. The molecule has 40 heavy (non-hydrogen) atoms.